The number of terminal acetylenes is 1. The molecule has 3 N–H and O–H groups in total. The Morgan fingerprint density at radius 3 is 2.23 bits per heavy atom. The van der Waals surface area contributed by atoms with E-state index in [2.05, 4.69) is 48.9 Å². The summed E-state index contributed by atoms with van der Waals surface area (Å²) in [7, 11) is -3.57. The quantitative estimate of drug-likeness (QED) is 0.193. The second kappa shape index (κ2) is 22.7. The normalized spacial score (nSPS) is 10.3. The van der Waals surface area contributed by atoms with Gasteiger partial charge in [-0.15, -0.1) is 12.8 Å². The Kier molecular flexibility index (Phi) is 23.6. The van der Waals surface area contributed by atoms with Crippen LogP contribution in [0.15, 0.2) is 92.0 Å². The molecule has 0 amide bonds. The minimum Gasteiger partial charge on any atom is -0.489 e. The fourth-order valence-electron chi connectivity index (χ4n) is 1.24. The molecule has 0 unspecified atom stereocenters. The van der Waals surface area contributed by atoms with Crippen molar-refractivity contribution in [2.24, 2.45) is 5.14 Å². The average molecular weight is 450 g/mol. The van der Waals surface area contributed by atoms with Crippen LogP contribution in [-0.4, -0.2) is 31.9 Å². The van der Waals surface area contributed by atoms with Crippen LogP contribution in [0, 0.1) is 12.8 Å². The number of carboxylic acid groups (broad SMARTS) is 1. The third-order valence-corrected chi connectivity index (χ3v) is 3.34. The molecule has 0 atom stereocenters. The number of carboxylic acids is 1. The van der Waals surface area contributed by atoms with Crippen LogP contribution >= 0.6 is 0 Å². The molecule has 0 saturated carbocycles. The summed E-state index contributed by atoms with van der Waals surface area (Å²) in [5.74, 6) is -0.707. The molecule has 0 saturated heterocycles. The summed E-state index contributed by atoms with van der Waals surface area (Å²) in [4.78, 5) is 9.76. The van der Waals surface area contributed by atoms with Crippen molar-refractivity contribution in [1.82, 2.24) is 0 Å². The first-order chi connectivity index (χ1) is 14.7. The number of allylic oxidation sites excluding steroid dienone is 3. The van der Waals surface area contributed by atoms with E-state index in [4.69, 9.17) is 9.84 Å². The fraction of sp³-hybridized carbons (Fsp3) is 0.174. The Labute approximate surface area is 185 Å². The maximum Gasteiger partial charge on any atom is 0.328 e. The lowest BCUT2D eigenvalue weighted by molar-refractivity contribution is -0.131. The molecule has 0 spiro atoms. The fourth-order valence-corrected chi connectivity index (χ4v) is 1.60. The van der Waals surface area contributed by atoms with E-state index in [-0.39, 0.29) is 0 Å². The number of carbonyl (C=O) groups is 1. The molecule has 0 aliphatic rings. The number of hydrogen-bond acceptors (Lipinski definition) is 5. The molecular formula is C23H31NO6S. The van der Waals surface area contributed by atoms with Gasteiger partial charge in [-0.1, -0.05) is 49.6 Å². The van der Waals surface area contributed by atoms with Crippen LogP contribution in [0.4, 0.5) is 0 Å². The van der Waals surface area contributed by atoms with E-state index >= 15 is 0 Å². The van der Waals surface area contributed by atoms with Gasteiger partial charge >= 0.3 is 5.97 Å². The van der Waals surface area contributed by atoms with Gasteiger partial charge < -0.3 is 14.6 Å². The average Bonchev–Trinajstić information content (AvgIpc) is 2.74. The zero-order valence-electron chi connectivity index (χ0n) is 17.9. The number of hydrogen-bond donors (Lipinski definition) is 2. The topological polar surface area (TPSA) is 116 Å². The van der Waals surface area contributed by atoms with Crippen molar-refractivity contribution in [2.45, 2.75) is 13.8 Å². The van der Waals surface area contributed by atoms with Gasteiger partial charge in [0, 0.05) is 6.08 Å². The van der Waals surface area contributed by atoms with Crippen LogP contribution < -0.4 is 9.88 Å². The first-order valence-electron chi connectivity index (χ1n) is 8.73. The molecule has 0 radical (unpaired) electrons. The van der Waals surface area contributed by atoms with Crippen LogP contribution in [0.1, 0.15) is 13.8 Å². The van der Waals surface area contributed by atoms with Gasteiger partial charge in [-0.2, -0.15) is 0 Å². The third-order valence-electron chi connectivity index (χ3n) is 2.68. The molecule has 7 nitrogen and oxygen atoms in total. The Balaban J connectivity index is -0.000000376. The number of benzene rings is 1. The highest BCUT2D eigenvalue weighted by molar-refractivity contribution is 7.89. The van der Waals surface area contributed by atoms with Gasteiger partial charge in [0.15, 0.2) is 0 Å². The van der Waals surface area contributed by atoms with Gasteiger partial charge in [-0.3, -0.25) is 0 Å². The number of para-hydroxylation sites is 1. The molecule has 170 valence electrons. The number of ether oxygens (including phenoxy) is 2. The summed E-state index contributed by atoms with van der Waals surface area (Å²) in [6.45, 7) is 11.5. The molecule has 1 aromatic carbocycles. The summed E-state index contributed by atoms with van der Waals surface area (Å²) in [6.07, 6.45) is 17.9. The summed E-state index contributed by atoms with van der Waals surface area (Å²) >= 11 is 0. The molecule has 0 aromatic heterocycles. The number of nitrogens with two attached hydrogens (primary N) is 1. The van der Waals surface area contributed by atoms with Crippen molar-refractivity contribution >= 4 is 16.0 Å². The van der Waals surface area contributed by atoms with Crippen LogP contribution in [0.3, 0.4) is 0 Å². The van der Waals surface area contributed by atoms with Crippen LogP contribution in [0.5, 0.6) is 5.75 Å². The summed E-state index contributed by atoms with van der Waals surface area (Å²) in [5.41, 5.74) is 1.25. The summed E-state index contributed by atoms with van der Waals surface area (Å²) in [6, 6.07) is 9.85. The lowest BCUT2D eigenvalue weighted by atomic mass is 10.3. The highest BCUT2D eigenvalue weighted by Gasteiger charge is 1.97. The minimum atomic E-state index is -3.57. The SMILES string of the molecule is C#C.C/C=C(/C)COc1ccccc1.C=C/C=C\OC=C.NS(=O)(=O)C/C=C/C(=O)O. The van der Waals surface area contributed by atoms with Crippen molar-refractivity contribution in [2.75, 3.05) is 12.4 Å². The van der Waals surface area contributed by atoms with Crippen molar-refractivity contribution in [1.29, 1.82) is 0 Å². The molecule has 0 fully saturated rings. The smallest absolute Gasteiger partial charge is 0.328 e. The molecule has 8 heteroatoms. The molecule has 1 aromatic rings. The van der Waals surface area contributed by atoms with E-state index in [1.54, 1.807) is 12.2 Å². The third kappa shape index (κ3) is 31.4. The number of primary sulfonamides is 1. The lowest BCUT2D eigenvalue weighted by Gasteiger charge is -2.04. The van der Waals surface area contributed by atoms with Crippen LogP contribution in [0.2, 0.25) is 0 Å². The minimum absolute atomic E-state index is 0.445. The monoisotopic (exact) mass is 449 g/mol. The zero-order chi connectivity index (χ0) is 24.5. The van der Waals surface area contributed by atoms with E-state index < -0.39 is 21.7 Å². The van der Waals surface area contributed by atoms with Crippen molar-refractivity contribution in [3.63, 3.8) is 0 Å². The molecule has 0 heterocycles. The van der Waals surface area contributed by atoms with Gasteiger partial charge in [-0.05, 0) is 37.6 Å². The number of rotatable bonds is 9. The van der Waals surface area contributed by atoms with E-state index in [9.17, 15) is 13.2 Å². The van der Waals surface area contributed by atoms with E-state index in [0.29, 0.717) is 6.61 Å². The molecule has 0 aliphatic heterocycles. The largest absolute Gasteiger partial charge is 0.489 e. The molecule has 0 aliphatic carbocycles. The Morgan fingerprint density at radius 2 is 1.81 bits per heavy atom. The Morgan fingerprint density at radius 1 is 1.23 bits per heavy atom. The highest BCUT2D eigenvalue weighted by Crippen LogP contribution is 2.09. The standard InChI is InChI=1S/C11H14O.C6H8O.C4H7NO4S.C2H2/c1-3-10(2)9-12-11-7-5-4-6-8-11;1-3-5-6-7-4-2;5-10(8,9)3-1-2-4(6)7;1-2/h3-8H,9H2,1-2H3;3-6H,1-2H2;1-2H,3H2,(H,6,7)(H2,5,8,9);1-2H/b10-3-;6-5-;2-1+;. The van der Waals surface area contributed by atoms with Crippen LogP contribution in [-0.2, 0) is 19.6 Å². The zero-order valence-corrected chi connectivity index (χ0v) is 18.7. The molecule has 31 heavy (non-hydrogen) atoms. The maximum atomic E-state index is 10.1. The predicted molar refractivity (Wildman–Crippen MR) is 127 cm³/mol. The number of aliphatic carboxylic acids is 1. The van der Waals surface area contributed by atoms with Gasteiger partial charge in [0.05, 0.1) is 18.3 Å². The van der Waals surface area contributed by atoms with Gasteiger partial charge in [0.2, 0.25) is 10.0 Å². The molecule has 0 bridgehead atoms. The number of sulfonamides is 1. The Bertz CT molecular complexity index is 822. The van der Waals surface area contributed by atoms with Crippen molar-refractivity contribution < 1.29 is 27.8 Å². The molecule has 1 rings (SSSR count). The molecular weight excluding hydrogens is 418 g/mol. The summed E-state index contributed by atoms with van der Waals surface area (Å²) in [5, 5.41) is 12.5. The maximum absolute atomic E-state index is 10.1. The Hall–Kier alpha value is -3.54. The summed E-state index contributed by atoms with van der Waals surface area (Å²) < 4.78 is 30.4. The van der Waals surface area contributed by atoms with Gasteiger partial charge in [-0.25, -0.2) is 18.4 Å². The van der Waals surface area contributed by atoms with Crippen molar-refractivity contribution in [3.05, 3.63) is 92.0 Å². The van der Waals surface area contributed by atoms with Crippen molar-refractivity contribution in [3.8, 4) is 18.6 Å². The second-order valence-electron chi connectivity index (χ2n) is 5.17. The van der Waals surface area contributed by atoms with Gasteiger partial charge in [0.25, 0.3) is 0 Å². The van der Waals surface area contributed by atoms with E-state index in [1.807, 2.05) is 37.3 Å². The predicted octanol–water partition coefficient (Wildman–Crippen LogP) is 4.04. The highest BCUT2D eigenvalue weighted by atomic mass is 32.2. The lowest BCUT2D eigenvalue weighted by Crippen LogP contribution is -2.14. The first kappa shape index (κ1) is 32.1. The van der Waals surface area contributed by atoms with E-state index in [0.717, 1.165) is 17.9 Å². The van der Waals surface area contributed by atoms with Crippen LogP contribution in [0.25, 0.3) is 0 Å². The first-order valence-corrected chi connectivity index (χ1v) is 10.4. The second-order valence-corrected chi connectivity index (χ2v) is 6.83. The van der Waals surface area contributed by atoms with E-state index in [1.165, 1.54) is 18.1 Å². The van der Waals surface area contributed by atoms with Gasteiger partial charge in [0.1, 0.15) is 12.4 Å².